The van der Waals surface area contributed by atoms with Crippen molar-refractivity contribution in [2.24, 2.45) is 0 Å². The first-order valence-corrected chi connectivity index (χ1v) is 10.8. The van der Waals surface area contributed by atoms with Crippen molar-refractivity contribution in [3.8, 4) is 5.75 Å². The Bertz CT molecular complexity index is 1160. The largest absolute Gasteiger partial charge is 0.497 e. The predicted octanol–water partition coefficient (Wildman–Crippen LogP) is 2.28. The maximum atomic E-state index is 12.4. The number of carbonyl (C=O) groups is 2. The maximum absolute atomic E-state index is 12.4. The Kier molecular flexibility index (Phi) is 6.39. The van der Waals surface area contributed by atoms with Gasteiger partial charge in [-0.2, -0.15) is 0 Å². The first-order valence-electron chi connectivity index (χ1n) is 10.8. The zero-order valence-electron chi connectivity index (χ0n) is 18.9. The third-order valence-electron chi connectivity index (χ3n) is 6.29. The van der Waals surface area contributed by atoms with Crippen LogP contribution in [0.1, 0.15) is 28.6 Å². The average molecular weight is 456 g/mol. The third-order valence-corrected chi connectivity index (χ3v) is 6.29. The van der Waals surface area contributed by atoms with E-state index in [4.69, 9.17) is 9.26 Å². The first-order chi connectivity index (χ1) is 15.8. The van der Waals surface area contributed by atoms with Gasteiger partial charge in [-0.25, -0.2) is 0 Å². The van der Waals surface area contributed by atoms with E-state index < -0.39 is 18.0 Å². The van der Waals surface area contributed by atoms with Gasteiger partial charge in [0, 0.05) is 61.0 Å². The van der Waals surface area contributed by atoms with Gasteiger partial charge in [0.15, 0.2) is 0 Å². The van der Waals surface area contributed by atoms with Crippen LogP contribution in [0.3, 0.4) is 0 Å². The Balaban J connectivity index is 1.60. The number of aliphatic carboxylic acids is 2. The van der Waals surface area contributed by atoms with E-state index in [9.17, 15) is 19.8 Å². The fourth-order valence-electron chi connectivity index (χ4n) is 4.54. The minimum absolute atomic E-state index is 0.250. The summed E-state index contributed by atoms with van der Waals surface area (Å²) in [6, 6.07) is 4.39. The minimum Gasteiger partial charge on any atom is -0.497 e. The predicted molar refractivity (Wildman–Crippen MR) is 119 cm³/mol. The molecule has 3 heterocycles. The van der Waals surface area contributed by atoms with E-state index in [2.05, 4.69) is 10.1 Å². The van der Waals surface area contributed by atoms with Crippen LogP contribution in [0.4, 0.5) is 0 Å². The molecule has 4 rings (SSSR count). The zero-order valence-corrected chi connectivity index (χ0v) is 18.9. The number of piperazine rings is 1. The highest BCUT2D eigenvalue weighted by Gasteiger charge is 2.33. The highest BCUT2D eigenvalue weighted by atomic mass is 16.5. The normalized spacial score (nSPS) is 16.2. The molecular weight excluding hydrogens is 428 g/mol. The summed E-state index contributed by atoms with van der Waals surface area (Å²) < 4.78 is 12.2. The van der Waals surface area contributed by atoms with Crippen LogP contribution in [0.5, 0.6) is 5.75 Å². The number of aryl methyl sites for hydroxylation is 2. The summed E-state index contributed by atoms with van der Waals surface area (Å²) in [5.74, 6) is -0.566. The van der Waals surface area contributed by atoms with Crippen molar-refractivity contribution >= 4 is 22.8 Å². The molecule has 0 saturated carbocycles. The Morgan fingerprint density at radius 1 is 1.18 bits per heavy atom. The van der Waals surface area contributed by atoms with Crippen molar-refractivity contribution in [3.05, 3.63) is 47.0 Å². The number of fused-ring (bicyclic) bond motifs is 1. The molecule has 10 nitrogen and oxygen atoms in total. The molecule has 1 saturated heterocycles. The summed E-state index contributed by atoms with van der Waals surface area (Å²) in [7, 11) is 1.54. The van der Waals surface area contributed by atoms with Crippen LogP contribution in [-0.2, 0) is 22.7 Å². The Morgan fingerprint density at radius 3 is 2.48 bits per heavy atom. The summed E-state index contributed by atoms with van der Waals surface area (Å²) in [6.07, 6.45) is 1.65. The lowest BCUT2D eigenvalue weighted by atomic mass is 10.0. The van der Waals surface area contributed by atoms with E-state index in [1.807, 2.05) is 18.7 Å². The number of carboxylic acid groups (broad SMARTS) is 2. The van der Waals surface area contributed by atoms with E-state index >= 15 is 0 Å². The number of aromatic nitrogens is 2. The first kappa shape index (κ1) is 22.8. The second-order valence-electron chi connectivity index (χ2n) is 8.34. The van der Waals surface area contributed by atoms with Crippen molar-refractivity contribution in [3.63, 3.8) is 0 Å². The molecule has 0 bridgehead atoms. The third kappa shape index (κ3) is 4.57. The van der Waals surface area contributed by atoms with Crippen molar-refractivity contribution in [2.45, 2.75) is 33.0 Å². The maximum Gasteiger partial charge on any atom is 0.325 e. The van der Waals surface area contributed by atoms with Crippen LogP contribution in [0.15, 0.2) is 28.9 Å². The molecule has 1 aliphatic heterocycles. The zero-order chi connectivity index (χ0) is 23.7. The molecule has 1 atom stereocenters. The van der Waals surface area contributed by atoms with Gasteiger partial charge in [0.05, 0.1) is 12.8 Å². The molecule has 2 aromatic heterocycles. The molecule has 2 N–H and O–H groups in total. The lowest BCUT2D eigenvalue weighted by Gasteiger charge is -2.37. The Labute approximate surface area is 190 Å². The van der Waals surface area contributed by atoms with E-state index in [1.165, 1.54) is 0 Å². The van der Waals surface area contributed by atoms with Gasteiger partial charge in [-0.3, -0.25) is 19.4 Å². The van der Waals surface area contributed by atoms with Crippen LogP contribution in [-0.4, -0.2) is 75.0 Å². The summed E-state index contributed by atoms with van der Waals surface area (Å²) in [5, 5.41) is 24.2. The topological polar surface area (TPSA) is 121 Å². The summed E-state index contributed by atoms with van der Waals surface area (Å²) >= 11 is 0. The molecule has 1 unspecified atom stereocenters. The van der Waals surface area contributed by atoms with Crippen molar-refractivity contribution < 1.29 is 29.1 Å². The molecule has 0 aliphatic carbocycles. The Hall–Kier alpha value is -3.37. The number of methoxy groups -OCH3 is 1. The monoisotopic (exact) mass is 456 g/mol. The second kappa shape index (κ2) is 9.24. The van der Waals surface area contributed by atoms with Gasteiger partial charge in [0.1, 0.15) is 24.1 Å². The fourth-order valence-corrected chi connectivity index (χ4v) is 4.54. The fraction of sp³-hybridized carbons (Fsp3) is 0.435. The van der Waals surface area contributed by atoms with Gasteiger partial charge in [-0.1, -0.05) is 5.16 Å². The van der Waals surface area contributed by atoms with E-state index in [0.29, 0.717) is 54.9 Å². The number of rotatable bonds is 8. The highest BCUT2D eigenvalue weighted by Crippen LogP contribution is 2.34. The lowest BCUT2D eigenvalue weighted by Crippen LogP contribution is -2.48. The SMILES string of the molecule is COc1ccc2c(c1)c(C(C(=O)O)N1CCN(Cc3c(C)noc3C)CC1)cn2CC(=O)O. The van der Waals surface area contributed by atoms with E-state index in [-0.39, 0.29) is 6.54 Å². The van der Waals surface area contributed by atoms with Gasteiger partial charge < -0.3 is 24.0 Å². The minimum atomic E-state index is -0.992. The molecular formula is C23H28N4O6. The average Bonchev–Trinajstić information content (AvgIpc) is 3.28. The standard InChI is InChI=1S/C23H28N4O6/c1-14-18(15(2)33-24-14)11-25-6-8-26(9-7-25)22(23(30)31)19-12-27(13-21(28)29)20-5-4-16(32-3)10-17(19)20/h4-5,10,12,22H,6-9,11,13H2,1-3H3,(H,28,29)(H,30,31). The highest BCUT2D eigenvalue weighted by molar-refractivity contribution is 5.91. The summed E-state index contributed by atoms with van der Waals surface area (Å²) in [6.45, 7) is 6.81. The molecule has 0 spiro atoms. The molecule has 0 amide bonds. The van der Waals surface area contributed by atoms with Gasteiger partial charge in [0.2, 0.25) is 0 Å². The summed E-state index contributed by atoms with van der Waals surface area (Å²) in [4.78, 5) is 28.0. The summed E-state index contributed by atoms with van der Waals surface area (Å²) in [5.41, 5.74) is 3.17. The van der Waals surface area contributed by atoms with E-state index in [0.717, 1.165) is 17.0 Å². The number of hydrogen-bond donors (Lipinski definition) is 2. The molecule has 1 aromatic carbocycles. The number of hydrogen-bond acceptors (Lipinski definition) is 7. The van der Waals surface area contributed by atoms with Gasteiger partial charge >= 0.3 is 11.9 Å². The molecule has 3 aromatic rings. The van der Waals surface area contributed by atoms with Crippen LogP contribution < -0.4 is 4.74 Å². The van der Waals surface area contributed by atoms with Crippen molar-refractivity contribution in [1.29, 1.82) is 0 Å². The van der Waals surface area contributed by atoms with Crippen LogP contribution in [0.25, 0.3) is 10.9 Å². The number of nitrogens with zero attached hydrogens (tertiary/aromatic N) is 4. The quantitative estimate of drug-likeness (QED) is 0.526. The molecule has 10 heteroatoms. The molecule has 176 valence electrons. The van der Waals surface area contributed by atoms with Crippen LogP contribution in [0, 0.1) is 13.8 Å². The number of benzene rings is 1. The van der Waals surface area contributed by atoms with Crippen molar-refractivity contribution in [1.82, 2.24) is 19.5 Å². The lowest BCUT2D eigenvalue weighted by molar-refractivity contribution is -0.144. The van der Waals surface area contributed by atoms with Crippen molar-refractivity contribution in [2.75, 3.05) is 33.3 Å². The van der Waals surface area contributed by atoms with Crippen LogP contribution >= 0.6 is 0 Å². The van der Waals surface area contributed by atoms with E-state index in [1.54, 1.807) is 36.1 Å². The van der Waals surface area contributed by atoms with Crippen LogP contribution in [0.2, 0.25) is 0 Å². The number of ether oxygens (including phenoxy) is 1. The molecule has 0 radical (unpaired) electrons. The van der Waals surface area contributed by atoms with Gasteiger partial charge in [-0.05, 0) is 32.0 Å². The second-order valence-corrected chi connectivity index (χ2v) is 8.34. The molecule has 1 aliphatic rings. The smallest absolute Gasteiger partial charge is 0.325 e. The molecule has 1 fully saturated rings. The van der Waals surface area contributed by atoms with Gasteiger partial charge in [0.25, 0.3) is 0 Å². The van der Waals surface area contributed by atoms with Gasteiger partial charge in [-0.15, -0.1) is 0 Å². The Morgan fingerprint density at radius 2 is 1.91 bits per heavy atom. The number of carboxylic acids is 2. The molecule has 33 heavy (non-hydrogen) atoms.